The number of rotatable bonds is 3. The van der Waals surface area contributed by atoms with Crippen LogP contribution in [0.5, 0.6) is 0 Å². The van der Waals surface area contributed by atoms with Crippen molar-refractivity contribution in [1.82, 2.24) is 5.32 Å². The van der Waals surface area contributed by atoms with Gasteiger partial charge >= 0.3 is 0 Å². The normalized spacial score (nSPS) is 9.83. The van der Waals surface area contributed by atoms with Crippen LogP contribution in [0.2, 0.25) is 5.02 Å². The summed E-state index contributed by atoms with van der Waals surface area (Å²) in [6, 6.07) is 1.72. The number of carbonyl (C=O) groups is 1. The van der Waals surface area contributed by atoms with Crippen molar-refractivity contribution in [2.75, 3.05) is 11.9 Å². The van der Waals surface area contributed by atoms with Gasteiger partial charge in [0.15, 0.2) is 0 Å². The van der Waals surface area contributed by atoms with E-state index in [1.807, 2.05) is 0 Å². The van der Waals surface area contributed by atoms with Crippen molar-refractivity contribution < 1.29 is 4.79 Å². The van der Waals surface area contributed by atoms with E-state index in [4.69, 9.17) is 11.6 Å². The van der Waals surface area contributed by atoms with E-state index < -0.39 is 0 Å². The molecule has 0 spiro atoms. The molecule has 0 aliphatic carbocycles. The summed E-state index contributed by atoms with van der Waals surface area (Å²) >= 11 is 10.3. The summed E-state index contributed by atoms with van der Waals surface area (Å²) in [5, 5.41) is 5.78. The molecule has 0 atom stereocenters. The van der Waals surface area contributed by atoms with Gasteiger partial charge in [-0.15, -0.1) is 11.3 Å². The lowest BCUT2D eigenvalue weighted by molar-refractivity contribution is 0.0960. The van der Waals surface area contributed by atoms with Crippen LogP contribution >= 0.6 is 38.9 Å². The SMILES string of the molecule is O=C(NCCBr)c1sccc1Cl. The topological polar surface area (TPSA) is 29.1 Å². The highest BCUT2D eigenvalue weighted by atomic mass is 79.9. The van der Waals surface area contributed by atoms with Crippen LogP contribution < -0.4 is 5.32 Å². The van der Waals surface area contributed by atoms with Gasteiger partial charge in [0, 0.05) is 11.9 Å². The summed E-state index contributed by atoms with van der Waals surface area (Å²) in [6.45, 7) is 0.618. The molecule has 0 aliphatic rings. The highest BCUT2D eigenvalue weighted by Crippen LogP contribution is 2.21. The van der Waals surface area contributed by atoms with E-state index in [9.17, 15) is 4.79 Å². The lowest BCUT2D eigenvalue weighted by Crippen LogP contribution is -2.24. The van der Waals surface area contributed by atoms with E-state index >= 15 is 0 Å². The molecule has 0 aromatic carbocycles. The fraction of sp³-hybridized carbons (Fsp3) is 0.286. The summed E-state index contributed by atoms with van der Waals surface area (Å²) in [6.07, 6.45) is 0. The molecule has 0 bridgehead atoms. The van der Waals surface area contributed by atoms with E-state index in [-0.39, 0.29) is 5.91 Å². The lowest BCUT2D eigenvalue weighted by Gasteiger charge is -1.99. The first-order valence-electron chi connectivity index (χ1n) is 3.33. The van der Waals surface area contributed by atoms with Crippen LogP contribution in [0.4, 0.5) is 0 Å². The molecule has 0 saturated heterocycles. The average Bonchev–Trinajstić information content (AvgIpc) is 2.47. The minimum atomic E-state index is -0.102. The van der Waals surface area contributed by atoms with Gasteiger partial charge in [-0.1, -0.05) is 27.5 Å². The van der Waals surface area contributed by atoms with E-state index in [1.54, 1.807) is 11.4 Å². The van der Waals surface area contributed by atoms with Crippen molar-refractivity contribution in [1.29, 1.82) is 0 Å². The maximum absolute atomic E-state index is 11.3. The second kappa shape index (κ2) is 4.84. The zero-order valence-corrected chi connectivity index (χ0v) is 9.30. The molecule has 1 rings (SSSR count). The van der Waals surface area contributed by atoms with Gasteiger partial charge < -0.3 is 5.32 Å². The van der Waals surface area contributed by atoms with Gasteiger partial charge in [-0.3, -0.25) is 4.79 Å². The summed E-state index contributed by atoms with van der Waals surface area (Å²) < 4.78 is 0. The number of nitrogens with one attached hydrogen (secondary N) is 1. The Morgan fingerprint density at radius 2 is 2.50 bits per heavy atom. The van der Waals surface area contributed by atoms with Crippen LogP contribution in [0.1, 0.15) is 9.67 Å². The predicted octanol–water partition coefficient (Wildman–Crippen LogP) is 2.53. The molecule has 1 aromatic heterocycles. The van der Waals surface area contributed by atoms with Crippen molar-refractivity contribution in [2.24, 2.45) is 0 Å². The van der Waals surface area contributed by atoms with Gasteiger partial charge in [0.2, 0.25) is 0 Å². The molecule has 5 heteroatoms. The fourth-order valence-electron chi connectivity index (χ4n) is 0.697. The molecule has 12 heavy (non-hydrogen) atoms. The second-order valence-corrected chi connectivity index (χ2v) is 4.16. The summed E-state index contributed by atoms with van der Waals surface area (Å²) in [5.41, 5.74) is 0. The zero-order chi connectivity index (χ0) is 8.97. The van der Waals surface area contributed by atoms with Crippen LogP contribution in [0.15, 0.2) is 11.4 Å². The number of hydrogen-bond acceptors (Lipinski definition) is 2. The Bertz CT molecular complexity index is 276. The van der Waals surface area contributed by atoms with Crippen LogP contribution in [-0.2, 0) is 0 Å². The Kier molecular flexibility index (Phi) is 4.05. The first-order valence-corrected chi connectivity index (χ1v) is 5.70. The van der Waals surface area contributed by atoms with E-state index in [1.165, 1.54) is 11.3 Å². The summed E-state index contributed by atoms with van der Waals surface area (Å²) in [5.74, 6) is -0.102. The molecule has 0 unspecified atom stereocenters. The minimum absolute atomic E-state index is 0.102. The molecule has 1 aromatic rings. The Morgan fingerprint density at radius 1 is 1.75 bits per heavy atom. The first kappa shape index (κ1) is 10.0. The minimum Gasteiger partial charge on any atom is -0.350 e. The molecule has 0 aliphatic heterocycles. The van der Waals surface area contributed by atoms with Gasteiger partial charge in [-0.25, -0.2) is 0 Å². The van der Waals surface area contributed by atoms with Gasteiger partial charge in [0.1, 0.15) is 4.88 Å². The van der Waals surface area contributed by atoms with E-state index in [0.29, 0.717) is 16.4 Å². The van der Waals surface area contributed by atoms with Crippen molar-refractivity contribution in [3.63, 3.8) is 0 Å². The maximum atomic E-state index is 11.3. The quantitative estimate of drug-likeness (QED) is 0.839. The smallest absolute Gasteiger partial charge is 0.262 e. The molecule has 66 valence electrons. The summed E-state index contributed by atoms with van der Waals surface area (Å²) in [7, 11) is 0. The van der Waals surface area contributed by atoms with E-state index in [0.717, 1.165) is 5.33 Å². The lowest BCUT2D eigenvalue weighted by atomic mass is 10.4. The number of alkyl halides is 1. The van der Waals surface area contributed by atoms with Crippen LogP contribution in [0.25, 0.3) is 0 Å². The fourth-order valence-corrected chi connectivity index (χ4v) is 1.95. The number of hydrogen-bond donors (Lipinski definition) is 1. The van der Waals surface area contributed by atoms with Crippen molar-refractivity contribution in [2.45, 2.75) is 0 Å². The van der Waals surface area contributed by atoms with Gasteiger partial charge in [0.05, 0.1) is 5.02 Å². The van der Waals surface area contributed by atoms with Crippen molar-refractivity contribution in [3.8, 4) is 0 Å². The van der Waals surface area contributed by atoms with Crippen molar-refractivity contribution in [3.05, 3.63) is 21.3 Å². The van der Waals surface area contributed by atoms with Gasteiger partial charge in [0.25, 0.3) is 5.91 Å². The highest BCUT2D eigenvalue weighted by Gasteiger charge is 2.09. The highest BCUT2D eigenvalue weighted by molar-refractivity contribution is 9.09. The number of halogens is 2. The van der Waals surface area contributed by atoms with Gasteiger partial charge in [-0.2, -0.15) is 0 Å². The van der Waals surface area contributed by atoms with Crippen molar-refractivity contribution >= 4 is 44.8 Å². The Hall–Kier alpha value is -0.0600. The molecule has 1 N–H and O–H groups in total. The maximum Gasteiger partial charge on any atom is 0.262 e. The van der Waals surface area contributed by atoms with E-state index in [2.05, 4.69) is 21.2 Å². The third-order valence-electron chi connectivity index (χ3n) is 1.20. The largest absolute Gasteiger partial charge is 0.350 e. The van der Waals surface area contributed by atoms with Gasteiger partial charge in [-0.05, 0) is 11.4 Å². The molecule has 0 saturated carbocycles. The predicted molar refractivity (Wildman–Crippen MR) is 55.5 cm³/mol. The van der Waals surface area contributed by atoms with Crippen LogP contribution in [0.3, 0.4) is 0 Å². The third-order valence-corrected chi connectivity index (χ3v) is 2.94. The summed E-state index contributed by atoms with van der Waals surface area (Å²) in [4.78, 5) is 11.9. The molecule has 0 radical (unpaired) electrons. The molecule has 1 heterocycles. The third kappa shape index (κ3) is 2.47. The molecule has 0 fully saturated rings. The standard InChI is InChI=1S/C7H7BrClNOS/c8-2-3-10-7(11)6-5(9)1-4-12-6/h1,4H,2-3H2,(H,10,11). The molecule has 2 nitrogen and oxygen atoms in total. The number of carbonyl (C=O) groups excluding carboxylic acids is 1. The van der Waals surface area contributed by atoms with Crippen LogP contribution in [-0.4, -0.2) is 17.8 Å². The molecule has 1 amide bonds. The number of amides is 1. The monoisotopic (exact) mass is 267 g/mol. The Balaban J connectivity index is 2.59. The zero-order valence-electron chi connectivity index (χ0n) is 6.14. The molecular weight excluding hydrogens is 262 g/mol. The average molecular weight is 269 g/mol. The van der Waals surface area contributed by atoms with Crippen LogP contribution in [0, 0.1) is 0 Å². The Morgan fingerprint density at radius 3 is 3.00 bits per heavy atom. The second-order valence-electron chi connectivity index (χ2n) is 2.04. The molecular formula is C7H7BrClNOS. The Labute approximate surface area is 88.0 Å². The first-order chi connectivity index (χ1) is 5.75. The number of thiophene rings is 1.